The molecule has 0 fully saturated rings. The molecule has 3 aromatic heterocycles. The highest BCUT2D eigenvalue weighted by molar-refractivity contribution is 6.31. The first kappa shape index (κ1) is 21.5. The number of nitrogens with zero attached hydrogens (tertiary/aromatic N) is 5. The van der Waals surface area contributed by atoms with Gasteiger partial charge in [-0.2, -0.15) is 5.10 Å². The number of aryl methyl sites for hydroxylation is 1. The third-order valence-electron chi connectivity index (χ3n) is 4.94. The molecule has 0 aliphatic heterocycles. The summed E-state index contributed by atoms with van der Waals surface area (Å²) in [4.78, 5) is 21.1. The fourth-order valence-electron chi connectivity index (χ4n) is 3.41. The van der Waals surface area contributed by atoms with Crippen molar-refractivity contribution in [2.75, 3.05) is 6.61 Å². The van der Waals surface area contributed by atoms with Gasteiger partial charge in [-0.3, -0.25) is 4.68 Å². The van der Waals surface area contributed by atoms with E-state index < -0.39 is 11.3 Å². The molecule has 1 aromatic carbocycles. The second-order valence-corrected chi connectivity index (χ2v) is 9.33. The van der Waals surface area contributed by atoms with Gasteiger partial charge in [0.15, 0.2) is 5.65 Å². The summed E-state index contributed by atoms with van der Waals surface area (Å²) in [6.07, 6.45) is 3.08. The molecule has 4 aromatic rings. The lowest BCUT2D eigenvalue weighted by Crippen LogP contribution is -2.34. The predicted molar refractivity (Wildman–Crippen MR) is 119 cm³/mol. The molecular weight excluding hydrogens is 434 g/mol. The predicted octanol–water partition coefficient (Wildman–Crippen LogP) is 3.81. The number of benzene rings is 1. The van der Waals surface area contributed by atoms with Gasteiger partial charge in [-0.1, -0.05) is 25.4 Å². The number of halogens is 1. The van der Waals surface area contributed by atoms with E-state index in [2.05, 4.69) is 25.3 Å². The first-order valence-electron chi connectivity index (χ1n) is 9.72. The molecule has 0 spiro atoms. The SMILES string of the molecule is CC(C)COC(C)([Si])n1cc(C(=O)O)c2nc(-c3nn(C)c4cc(Cl)ccc34)cnc21. The van der Waals surface area contributed by atoms with Crippen molar-refractivity contribution in [2.24, 2.45) is 13.0 Å². The standard InChI is InChI=1S/C21H21ClN5O3Si/c1-11(2)10-30-21(3,31)27-9-14(20(28)29)18-19(27)23-8-15(24-18)17-13-6-5-12(22)7-16(13)26(4)25-17/h5-9,11H,10H2,1-4H3,(H,28,29). The van der Waals surface area contributed by atoms with Crippen molar-refractivity contribution in [3.05, 3.63) is 41.2 Å². The van der Waals surface area contributed by atoms with Crippen molar-refractivity contribution < 1.29 is 14.6 Å². The molecule has 0 amide bonds. The number of fused-ring (bicyclic) bond motifs is 2. The van der Waals surface area contributed by atoms with E-state index in [1.807, 2.05) is 33.0 Å². The van der Waals surface area contributed by atoms with Crippen LogP contribution in [0.4, 0.5) is 0 Å². The van der Waals surface area contributed by atoms with Gasteiger partial charge in [0.05, 0.1) is 18.3 Å². The number of hydrogen-bond donors (Lipinski definition) is 1. The molecule has 0 aliphatic carbocycles. The van der Waals surface area contributed by atoms with E-state index in [4.69, 9.17) is 16.3 Å². The largest absolute Gasteiger partial charge is 0.478 e. The Morgan fingerprint density at radius 2 is 2.13 bits per heavy atom. The highest BCUT2D eigenvalue weighted by Crippen LogP contribution is 2.31. The van der Waals surface area contributed by atoms with Crippen LogP contribution in [0.5, 0.6) is 0 Å². The van der Waals surface area contributed by atoms with Crippen molar-refractivity contribution in [2.45, 2.75) is 26.1 Å². The van der Waals surface area contributed by atoms with Crippen molar-refractivity contribution in [3.8, 4) is 11.4 Å². The summed E-state index contributed by atoms with van der Waals surface area (Å²) < 4.78 is 9.30. The van der Waals surface area contributed by atoms with Crippen LogP contribution in [-0.2, 0) is 17.1 Å². The van der Waals surface area contributed by atoms with Crippen molar-refractivity contribution in [1.29, 1.82) is 0 Å². The molecule has 159 valence electrons. The molecule has 10 heteroatoms. The number of aromatic nitrogens is 5. The number of aromatic carboxylic acids is 1. The van der Waals surface area contributed by atoms with E-state index in [1.165, 1.54) is 6.20 Å². The van der Waals surface area contributed by atoms with Crippen LogP contribution in [0.2, 0.25) is 5.02 Å². The van der Waals surface area contributed by atoms with Crippen LogP contribution >= 0.6 is 11.6 Å². The number of carboxylic acids is 1. The van der Waals surface area contributed by atoms with Crippen molar-refractivity contribution in [3.63, 3.8) is 0 Å². The topological polar surface area (TPSA) is 95.1 Å². The summed E-state index contributed by atoms with van der Waals surface area (Å²) >= 11 is 6.12. The minimum absolute atomic E-state index is 0.0326. The lowest BCUT2D eigenvalue weighted by atomic mass is 10.1. The molecule has 3 heterocycles. The molecule has 1 N–H and O–H groups in total. The van der Waals surface area contributed by atoms with Crippen molar-refractivity contribution >= 4 is 49.9 Å². The maximum absolute atomic E-state index is 12.0. The van der Waals surface area contributed by atoms with Gasteiger partial charge in [-0.25, -0.2) is 14.8 Å². The fraction of sp³-hybridized carbons (Fsp3) is 0.333. The molecule has 0 saturated heterocycles. The summed E-state index contributed by atoms with van der Waals surface area (Å²) in [6, 6.07) is 5.47. The molecule has 1 atom stereocenters. The molecule has 3 radical (unpaired) electrons. The molecule has 31 heavy (non-hydrogen) atoms. The van der Waals surface area contributed by atoms with Gasteiger partial charge in [0.25, 0.3) is 0 Å². The van der Waals surface area contributed by atoms with E-state index in [1.54, 1.807) is 28.4 Å². The van der Waals surface area contributed by atoms with Gasteiger partial charge in [0.1, 0.15) is 38.1 Å². The van der Waals surface area contributed by atoms with Gasteiger partial charge >= 0.3 is 5.97 Å². The Balaban J connectivity index is 1.89. The molecule has 1 unspecified atom stereocenters. The maximum Gasteiger partial charge on any atom is 0.339 e. The monoisotopic (exact) mass is 454 g/mol. The molecule has 0 saturated carbocycles. The Morgan fingerprint density at radius 3 is 2.81 bits per heavy atom. The zero-order chi connectivity index (χ0) is 22.5. The first-order valence-corrected chi connectivity index (χ1v) is 10.6. The van der Waals surface area contributed by atoms with E-state index in [9.17, 15) is 9.90 Å². The van der Waals surface area contributed by atoms with Crippen LogP contribution in [0.3, 0.4) is 0 Å². The highest BCUT2D eigenvalue weighted by Gasteiger charge is 2.28. The highest BCUT2D eigenvalue weighted by atomic mass is 35.5. The third-order valence-corrected chi connectivity index (χ3v) is 5.56. The van der Waals surface area contributed by atoms with Gasteiger partial charge in [0, 0.05) is 23.7 Å². The summed E-state index contributed by atoms with van der Waals surface area (Å²) in [7, 11) is 5.44. The van der Waals surface area contributed by atoms with Crippen LogP contribution in [-0.4, -0.2) is 52.2 Å². The number of rotatable bonds is 6. The summed E-state index contributed by atoms with van der Waals surface area (Å²) in [5, 5.41) is 14.8. The smallest absolute Gasteiger partial charge is 0.339 e. The molecule has 0 aliphatic rings. The lowest BCUT2D eigenvalue weighted by Gasteiger charge is -2.28. The normalized spacial score (nSPS) is 13.9. The van der Waals surface area contributed by atoms with Crippen LogP contribution in [0.15, 0.2) is 30.6 Å². The summed E-state index contributed by atoms with van der Waals surface area (Å²) in [5.41, 5.74) is 2.60. The van der Waals surface area contributed by atoms with Gasteiger partial charge < -0.3 is 14.4 Å². The second-order valence-electron chi connectivity index (χ2n) is 7.97. The summed E-state index contributed by atoms with van der Waals surface area (Å²) in [5.74, 6) is -0.792. The molecule has 8 nitrogen and oxygen atoms in total. The maximum atomic E-state index is 12.0. The van der Waals surface area contributed by atoms with Gasteiger partial charge in [0.2, 0.25) is 0 Å². The minimum Gasteiger partial charge on any atom is -0.478 e. The average molecular weight is 455 g/mol. The Morgan fingerprint density at radius 1 is 1.39 bits per heavy atom. The molecule has 4 rings (SSSR count). The minimum atomic E-state index is -1.10. The Bertz CT molecular complexity index is 1310. The zero-order valence-corrected chi connectivity index (χ0v) is 19.3. The van der Waals surface area contributed by atoms with Gasteiger partial charge in [-0.05, 0) is 31.0 Å². The van der Waals surface area contributed by atoms with Crippen LogP contribution in [0.1, 0.15) is 31.1 Å². The van der Waals surface area contributed by atoms with Gasteiger partial charge in [-0.15, -0.1) is 0 Å². The molecular formula is C21H21ClN5O3Si. The average Bonchev–Trinajstić information content (AvgIpc) is 3.25. The number of ether oxygens (including phenoxy) is 1. The Labute approximate surface area is 187 Å². The van der Waals surface area contributed by atoms with E-state index in [0.29, 0.717) is 34.6 Å². The fourth-order valence-corrected chi connectivity index (χ4v) is 3.83. The van der Waals surface area contributed by atoms with Crippen molar-refractivity contribution in [1.82, 2.24) is 24.3 Å². The Hall–Kier alpha value is -2.75. The van der Waals surface area contributed by atoms with Crippen LogP contribution < -0.4 is 0 Å². The lowest BCUT2D eigenvalue weighted by molar-refractivity contribution is -0.0339. The van der Waals surface area contributed by atoms with E-state index in [0.717, 1.165) is 10.9 Å². The first-order chi connectivity index (χ1) is 14.6. The second kappa shape index (κ2) is 7.74. The number of carboxylic acid groups (broad SMARTS) is 1. The Kier molecular flexibility index (Phi) is 5.36. The van der Waals surface area contributed by atoms with E-state index in [-0.39, 0.29) is 11.1 Å². The summed E-state index contributed by atoms with van der Waals surface area (Å²) in [6.45, 7) is 6.35. The zero-order valence-electron chi connectivity index (χ0n) is 17.5. The number of carbonyl (C=O) groups is 1. The quantitative estimate of drug-likeness (QED) is 0.445. The van der Waals surface area contributed by atoms with Crippen LogP contribution in [0.25, 0.3) is 33.5 Å². The molecule has 0 bridgehead atoms. The van der Waals surface area contributed by atoms with Crippen LogP contribution in [0, 0.1) is 5.92 Å². The third kappa shape index (κ3) is 3.84. The van der Waals surface area contributed by atoms with E-state index >= 15 is 0 Å². The number of hydrogen-bond acceptors (Lipinski definition) is 5.